The molecule has 0 radical (unpaired) electrons. The van der Waals surface area contributed by atoms with Gasteiger partial charge >= 0.3 is 0 Å². The van der Waals surface area contributed by atoms with Crippen molar-refractivity contribution in [3.8, 4) is 11.3 Å². The number of thiazole rings is 1. The number of amides is 1. The minimum atomic E-state index is -1.17. The van der Waals surface area contributed by atoms with Crippen LogP contribution in [0, 0.1) is 17.0 Å². The topological polar surface area (TPSA) is 127 Å². The second-order valence-electron chi connectivity index (χ2n) is 7.95. The summed E-state index contributed by atoms with van der Waals surface area (Å²) in [6.45, 7) is 1.66. The third-order valence-corrected chi connectivity index (χ3v) is 6.74. The summed E-state index contributed by atoms with van der Waals surface area (Å²) in [5.41, 5.74) is 1.08. The van der Waals surface area contributed by atoms with Crippen LogP contribution in [0.25, 0.3) is 11.3 Å². The molecule has 3 heterocycles. The highest BCUT2D eigenvalue weighted by atomic mass is 35.5. The average molecular weight is 522 g/mol. The highest BCUT2D eigenvalue weighted by Gasteiger charge is 2.46. The maximum absolute atomic E-state index is 13.4. The molecule has 2 aromatic carbocycles. The number of aryl methyl sites for hydroxylation is 1. The van der Waals surface area contributed by atoms with Crippen LogP contribution < -0.4 is 4.90 Å². The first kappa shape index (κ1) is 23.5. The molecule has 1 aliphatic rings. The van der Waals surface area contributed by atoms with Crippen molar-refractivity contribution in [2.45, 2.75) is 13.0 Å². The van der Waals surface area contributed by atoms with Crippen molar-refractivity contribution < 1.29 is 24.0 Å². The number of nitro benzene ring substituents is 1. The molecule has 0 aliphatic carbocycles. The summed E-state index contributed by atoms with van der Waals surface area (Å²) in [4.78, 5) is 43.3. The van der Waals surface area contributed by atoms with Gasteiger partial charge in [0, 0.05) is 28.1 Å². The van der Waals surface area contributed by atoms with Crippen LogP contribution in [0.1, 0.15) is 27.9 Å². The van der Waals surface area contributed by atoms with Gasteiger partial charge in [0.25, 0.3) is 11.6 Å². The molecule has 0 saturated heterocycles. The van der Waals surface area contributed by atoms with Gasteiger partial charge in [-0.3, -0.25) is 24.6 Å². The zero-order valence-electron chi connectivity index (χ0n) is 18.5. The number of ketones is 1. The van der Waals surface area contributed by atoms with E-state index in [2.05, 4.69) is 4.98 Å². The summed E-state index contributed by atoms with van der Waals surface area (Å²) < 4.78 is 5.44. The van der Waals surface area contributed by atoms with Crippen LogP contribution in [-0.4, -0.2) is 26.7 Å². The number of nitrogens with zero attached hydrogens (tertiary/aromatic N) is 3. The van der Waals surface area contributed by atoms with Gasteiger partial charge in [0.15, 0.2) is 16.7 Å². The van der Waals surface area contributed by atoms with Gasteiger partial charge in [0.1, 0.15) is 5.76 Å². The lowest BCUT2D eigenvalue weighted by Crippen LogP contribution is -2.31. The molecule has 0 spiro atoms. The van der Waals surface area contributed by atoms with E-state index in [0.717, 1.165) is 16.9 Å². The fourth-order valence-electron chi connectivity index (χ4n) is 3.98. The van der Waals surface area contributed by atoms with Crippen LogP contribution in [0.2, 0.25) is 5.02 Å². The van der Waals surface area contributed by atoms with Crippen LogP contribution in [0.5, 0.6) is 0 Å². The predicted octanol–water partition coefficient (Wildman–Crippen LogP) is 6.06. The van der Waals surface area contributed by atoms with E-state index in [4.69, 9.17) is 16.0 Å². The number of furan rings is 1. The molecule has 1 unspecified atom stereocenters. The Morgan fingerprint density at radius 3 is 2.61 bits per heavy atom. The molecule has 1 aliphatic heterocycles. The van der Waals surface area contributed by atoms with Crippen LogP contribution in [-0.2, 0) is 4.79 Å². The van der Waals surface area contributed by atoms with Crippen LogP contribution in [0.3, 0.4) is 0 Å². The smallest absolute Gasteiger partial charge is 0.296 e. The highest BCUT2D eigenvalue weighted by Crippen LogP contribution is 2.44. The number of anilines is 1. The van der Waals surface area contributed by atoms with E-state index in [0.29, 0.717) is 16.5 Å². The molecule has 36 heavy (non-hydrogen) atoms. The SMILES string of the molecule is Cc1ccc(C(=O)C2=C(O)C(=O)N(c3nc(-c4ccc(Cl)cc4)cs3)C2c2cccc([N+](=O)[O-])c2)o1. The lowest BCUT2D eigenvalue weighted by Gasteiger charge is -2.24. The van der Waals surface area contributed by atoms with E-state index in [1.807, 2.05) is 0 Å². The first-order valence-electron chi connectivity index (χ1n) is 10.6. The van der Waals surface area contributed by atoms with Crippen molar-refractivity contribution >= 4 is 45.4 Å². The van der Waals surface area contributed by atoms with E-state index < -0.39 is 28.4 Å². The van der Waals surface area contributed by atoms with Crippen LogP contribution in [0.15, 0.2) is 81.8 Å². The van der Waals surface area contributed by atoms with Crippen molar-refractivity contribution in [2.24, 2.45) is 0 Å². The first-order chi connectivity index (χ1) is 17.2. The Morgan fingerprint density at radius 2 is 1.94 bits per heavy atom. The van der Waals surface area contributed by atoms with Gasteiger partial charge in [-0.05, 0) is 36.8 Å². The molecule has 0 bridgehead atoms. The molecule has 1 atom stereocenters. The highest BCUT2D eigenvalue weighted by molar-refractivity contribution is 7.14. The number of Topliss-reactive ketones (excluding diaryl/α,β-unsaturated/α-hetero) is 1. The number of aliphatic hydroxyl groups is 1. The van der Waals surface area contributed by atoms with Crippen LogP contribution in [0.4, 0.5) is 10.8 Å². The summed E-state index contributed by atoms with van der Waals surface area (Å²) in [5, 5.41) is 24.8. The number of carbonyl (C=O) groups excluding carboxylic acids is 2. The first-order valence-corrected chi connectivity index (χ1v) is 11.8. The Morgan fingerprint density at radius 1 is 1.19 bits per heavy atom. The van der Waals surface area contributed by atoms with Crippen LogP contribution >= 0.6 is 22.9 Å². The summed E-state index contributed by atoms with van der Waals surface area (Å²) >= 11 is 7.10. The molecular formula is C25H16ClN3O6S. The number of aliphatic hydroxyl groups excluding tert-OH is 1. The van der Waals surface area contributed by atoms with Gasteiger partial charge in [0.05, 0.1) is 22.2 Å². The van der Waals surface area contributed by atoms with Crippen molar-refractivity contribution in [1.82, 2.24) is 4.98 Å². The number of halogens is 1. The number of hydrogen-bond acceptors (Lipinski definition) is 8. The number of carbonyl (C=O) groups is 2. The van der Waals surface area contributed by atoms with Crippen molar-refractivity contribution in [1.29, 1.82) is 0 Å². The van der Waals surface area contributed by atoms with Gasteiger partial charge in [-0.2, -0.15) is 0 Å². The number of rotatable bonds is 6. The number of nitro groups is 1. The lowest BCUT2D eigenvalue weighted by molar-refractivity contribution is -0.384. The molecule has 5 rings (SSSR count). The van der Waals surface area contributed by atoms with Crippen molar-refractivity contribution in [3.63, 3.8) is 0 Å². The molecule has 180 valence electrons. The standard InChI is InChI=1S/C25H16ClN3O6S/c1-13-5-10-19(35-13)22(30)20-21(15-3-2-4-17(11-15)29(33)34)28(24(32)23(20)31)25-27-18(12-36-25)14-6-8-16(26)9-7-14/h2-12,21,31H,1H3. The molecule has 11 heteroatoms. The number of aromatic nitrogens is 1. The maximum atomic E-state index is 13.4. The lowest BCUT2D eigenvalue weighted by atomic mass is 9.95. The second-order valence-corrected chi connectivity index (χ2v) is 9.23. The average Bonchev–Trinajstić information content (AvgIpc) is 3.58. The van der Waals surface area contributed by atoms with Gasteiger partial charge in [-0.25, -0.2) is 4.98 Å². The molecular weight excluding hydrogens is 506 g/mol. The molecule has 4 aromatic rings. The molecule has 9 nitrogen and oxygen atoms in total. The monoisotopic (exact) mass is 521 g/mol. The fraction of sp³-hybridized carbons (Fsp3) is 0.0800. The van der Waals surface area contributed by atoms with E-state index in [1.165, 1.54) is 29.2 Å². The predicted molar refractivity (Wildman–Crippen MR) is 133 cm³/mol. The molecule has 1 N–H and O–H groups in total. The largest absolute Gasteiger partial charge is 0.503 e. The number of benzene rings is 2. The zero-order valence-corrected chi connectivity index (χ0v) is 20.1. The Labute approximate surface area is 213 Å². The van der Waals surface area contributed by atoms with E-state index in [1.54, 1.807) is 48.7 Å². The number of non-ortho nitro benzene ring substituents is 1. The fourth-order valence-corrected chi connectivity index (χ4v) is 4.96. The van der Waals surface area contributed by atoms with Crippen molar-refractivity contribution in [2.75, 3.05) is 4.90 Å². The molecule has 2 aromatic heterocycles. The molecule has 1 amide bonds. The molecule has 0 saturated carbocycles. The Balaban J connectivity index is 1.64. The Kier molecular flexibility index (Phi) is 5.91. The zero-order chi connectivity index (χ0) is 25.6. The van der Waals surface area contributed by atoms with Gasteiger partial charge < -0.3 is 9.52 Å². The summed E-state index contributed by atoms with van der Waals surface area (Å²) in [6.07, 6.45) is 0. The van der Waals surface area contributed by atoms with Crippen molar-refractivity contribution in [3.05, 3.63) is 110 Å². The van der Waals surface area contributed by atoms with E-state index in [9.17, 15) is 24.8 Å². The minimum absolute atomic E-state index is 0.0693. The summed E-state index contributed by atoms with van der Waals surface area (Å²) in [6, 6.07) is 14.4. The normalized spacial score (nSPS) is 15.6. The number of hydrogen-bond donors (Lipinski definition) is 1. The second kappa shape index (κ2) is 9.06. The Hall–Kier alpha value is -4.28. The summed E-state index contributed by atoms with van der Waals surface area (Å²) in [7, 11) is 0. The van der Waals surface area contributed by atoms with E-state index in [-0.39, 0.29) is 27.7 Å². The third kappa shape index (κ3) is 4.06. The minimum Gasteiger partial charge on any atom is -0.503 e. The Bertz CT molecular complexity index is 1560. The molecule has 0 fully saturated rings. The van der Waals surface area contributed by atoms with Gasteiger partial charge in [0.2, 0.25) is 5.78 Å². The van der Waals surface area contributed by atoms with Gasteiger partial charge in [-0.1, -0.05) is 35.9 Å². The quantitative estimate of drug-likeness (QED) is 0.186. The maximum Gasteiger partial charge on any atom is 0.296 e. The van der Waals surface area contributed by atoms with Gasteiger partial charge in [-0.15, -0.1) is 11.3 Å². The third-order valence-electron chi connectivity index (χ3n) is 5.65. The van der Waals surface area contributed by atoms with E-state index >= 15 is 0 Å². The summed E-state index contributed by atoms with van der Waals surface area (Å²) in [5.74, 6) is -1.93.